The molecule has 0 atom stereocenters. The minimum Gasteiger partial charge on any atom is -0.473 e. The van der Waals surface area contributed by atoms with Gasteiger partial charge in [-0.1, -0.05) is 11.3 Å². The summed E-state index contributed by atoms with van der Waals surface area (Å²) in [5, 5.41) is 0.479. The second kappa shape index (κ2) is 3.82. The maximum absolute atomic E-state index is 11.9. The molecule has 2 rings (SSSR count). The molecule has 6 heteroatoms. The molecule has 15 heavy (non-hydrogen) atoms. The zero-order valence-electron chi connectivity index (χ0n) is 8.30. The molecule has 5 nitrogen and oxygen atoms in total. The molecule has 0 N–H and O–H groups in total. The normalized spacial score (nSPS) is 10.3. The maximum Gasteiger partial charge on any atom is 0.273 e. The minimum atomic E-state index is -0.136. The first-order valence-corrected chi connectivity index (χ1v) is 5.06. The van der Waals surface area contributed by atoms with E-state index in [-0.39, 0.29) is 5.78 Å². The number of thiazole rings is 1. The van der Waals surface area contributed by atoms with Crippen molar-refractivity contribution in [1.29, 1.82) is 0 Å². The summed E-state index contributed by atoms with van der Waals surface area (Å²) in [5.74, 6) is 0.268. The molecule has 0 fully saturated rings. The topological polar surface area (TPSA) is 57.0 Å². The molecule has 0 saturated carbocycles. The van der Waals surface area contributed by atoms with Crippen LogP contribution in [-0.2, 0) is 7.05 Å². The number of methoxy groups -OCH3 is 1. The first-order chi connectivity index (χ1) is 7.22. The molecule has 2 heterocycles. The van der Waals surface area contributed by atoms with Gasteiger partial charge < -0.3 is 9.30 Å². The Hall–Kier alpha value is -1.69. The highest BCUT2D eigenvalue weighted by molar-refractivity contribution is 7.15. The Morgan fingerprint density at radius 3 is 2.87 bits per heavy atom. The van der Waals surface area contributed by atoms with Crippen molar-refractivity contribution in [3.8, 4) is 5.19 Å². The van der Waals surface area contributed by atoms with Crippen LogP contribution in [0.15, 0.2) is 18.6 Å². The van der Waals surface area contributed by atoms with Crippen molar-refractivity contribution in [2.45, 2.75) is 0 Å². The lowest BCUT2D eigenvalue weighted by molar-refractivity contribution is 0.103. The van der Waals surface area contributed by atoms with Crippen molar-refractivity contribution >= 4 is 17.1 Å². The van der Waals surface area contributed by atoms with Gasteiger partial charge in [-0.05, 0) is 0 Å². The Balaban J connectivity index is 2.32. The van der Waals surface area contributed by atoms with Gasteiger partial charge in [0.2, 0.25) is 5.78 Å². The van der Waals surface area contributed by atoms with Gasteiger partial charge in [0.1, 0.15) is 4.88 Å². The van der Waals surface area contributed by atoms with Crippen LogP contribution in [-0.4, -0.2) is 27.4 Å². The summed E-state index contributed by atoms with van der Waals surface area (Å²) < 4.78 is 6.60. The molecule has 0 aliphatic carbocycles. The number of ketones is 1. The van der Waals surface area contributed by atoms with Crippen molar-refractivity contribution in [2.75, 3.05) is 7.11 Å². The molecule has 0 radical (unpaired) electrons. The molecule has 78 valence electrons. The number of hydrogen-bond acceptors (Lipinski definition) is 5. The molecule has 0 saturated heterocycles. The lowest BCUT2D eigenvalue weighted by atomic mass is 10.3. The van der Waals surface area contributed by atoms with Gasteiger partial charge in [-0.25, -0.2) is 9.97 Å². The van der Waals surface area contributed by atoms with Gasteiger partial charge in [-0.3, -0.25) is 4.79 Å². The zero-order valence-corrected chi connectivity index (χ0v) is 9.11. The summed E-state index contributed by atoms with van der Waals surface area (Å²) in [5.41, 5.74) is 0. The van der Waals surface area contributed by atoms with Gasteiger partial charge >= 0.3 is 0 Å². The van der Waals surface area contributed by atoms with Crippen molar-refractivity contribution in [1.82, 2.24) is 14.5 Å². The van der Waals surface area contributed by atoms with E-state index >= 15 is 0 Å². The van der Waals surface area contributed by atoms with E-state index in [4.69, 9.17) is 4.74 Å². The van der Waals surface area contributed by atoms with E-state index in [1.807, 2.05) is 0 Å². The van der Waals surface area contributed by atoms with E-state index < -0.39 is 0 Å². The highest BCUT2D eigenvalue weighted by Crippen LogP contribution is 2.21. The number of aromatic nitrogens is 3. The Kier molecular flexibility index (Phi) is 2.51. The van der Waals surface area contributed by atoms with Crippen LogP contribution in [0, 0.1) is 0 Å². The fourth-order valence-electron chi connectivity index (χ4n) is 1.15. The van der Waals surface area contributed by atoms with E-state index in [9.17, 15) is 4.79 Å². The van der Waals surface area contributed by atoms with Gasteiger partial charge in [-0.15, -0.1) is 0 Å². The number of nitrogens with zero attached hydrogens (tertiary/aromatic N) is 3. The summed E-state index contributed by atoms with van der Waals surface area (Å²) in [6.07, 6.45) is 4.82. The zero-order chi connectivity index (χ0) is 10.8. The Morgan fingerprint density at radius 2 is 2.33 bits per heavy atom. The van der Waals surface area contributed by atoms with Crippen molar-refractivity contribution < 1.29 is 9.53 Å². The largest absolute Gasteiger partial charge is 0.473 e. The molecular weight excluding hydrogens is 214 g/mol. The lowest BCUT2D eigenvalue weighted by Crippen LogP contribution is -2.06. The van der Waals surface area contributed by atoms with Gasteiger partial charge in [0, 0.05) is 19.4 Å². The van der Waals surface area contributed by atoms with Crippen LogP contribution in [0.2, 0.25) is 0 Å². The predicted octanol–water partition coefficient (Wildman–Crippen LogP) is 1.12. The monoisotopic (exact) mass is 223 g/mol. The molecule has 0 unspecified atom stereocenters. The van der Waals surface area contributed by atoms with Gasteiger partial charge in [0.25, 0.3) is 5.19 Å². The van der Waals surface area contributed by atoms with Crippen LogP contribution in [0.25, 0.3) is 0 Å². The van der Waals surface area contributed by atoms with Crippen LogP contribution in [0.5, 0.6) is 5.19 Å². The summed E-state index contributed by atoms with van der Waals surface area (Å²) in [7, 11) is 3.30. The van der Waals surface area contributed by atoms with Crippen LogP contribution >= 0.6 is 11.3 Å². The molecule has 0 amide bonds. The summed E-state index contributed by atoms with van der Waals surface area (Å²) in [6, 6.07) is 0. The first-order valence-electron chi connectivity index (χ1n) is 4.24. The highest BCUT2D eigenvalue weighted by atomic mass is 32.1. The van der Waals surface area contributed by atoms with Crippen LogP contribution in [0.3, 0.4) is 0 Å². The number of carbonyl (C=O) groups is 1. The number of imidazole rings is 1. The Labute approximate surface area is 90.4 Å². The fraction of sp³-hybridized carbons (Fsp3) is 0.222. The van der Waals surface area contributed by atoms with Crippen LogP contribution in [0.1, 0.15) is 15.5 Å². The summed E-state index contributed by atoms with van der Waals surface area (Å²) in [4.78, 5) is 20.3. The van der Waals surface area contributed by atoms with E-state index in [1.54, 1.807) is 24.0 Å². The highest BCUT2D eigenvalue weighted by Gasteiger charge is 2.16. The number of rotatable bonds is 3. The number of hydrogen-bond donors (Lipinski definition) is 0. The second-order valence-electron chi connectivity index (χ2n) is 2.89. The molecule has 0 spiro atoms. The molecule has 2 aromatic heterocycles. The second-order valence-corrected chi connectivity index (χ2v) is 3.88. The summed E-state index contributed by atoms with van der Waals surface area (Å²) >= 11 is 1.21. The fourth-order valence-corrected chi connectivity index (χ4v) is 1.82. The maximum atomic E-state index is 11.9. The number of carbonyl (C=O) groups excluding carboxylic acids is 1. The molecule has 2 aromatic rings. The lowest BCUT2D eigenvalue weighted by Gasteiger charge is -1.96. The number of aryl methyl sites for hydroxylation is 1. The molecule has 0 aromatic carbocycles. The standard InChI is InChI=1S/C9H9N3O2S/c1-12-4-3-10-8(12)7(13)6-5-11-9(14-2)15-6/h3-5H,1-2H3. The molecular formula is C9H9N3O2S. The third-order valence-corrected chi connectivity index (χ3v) is 2.86. The molecule has 0 aliphatic heterocycles. The summed E-state index contributed by atoms with van der Waals surface area (Å²) in [6.45, 7) is 0. The van der Waals surface area contributed by atoms with Crippen molar-refractivity contribution in [3.63, 3.8) is 0 Å². The van der Waals surface area contributed by atoms with Gasteiger partial charge in [-0.2, -0.15) is 0 Å². The van der Waals surface area contributed by atoms with E-state index in [0.29, 0.717) is 15.9 Å². The Morgan fingerprint density at radius 1 is 1.53 bits per heavy atom. The van der Waals surface area contributed by atoms with Crippen molar-refractivity contribution in [3.05, 3.63) is 29.3 Å². The van der Waals surface area contributed by atoms with E-state index in [1.165, 1.54) is 24.6 Å². The van der Waals surface area contributed by atoms with E-state index in [2.05, 4.69) is 9.97 Å². The first kappa shape index (κ1) is 9.85. The smallest absolute Gasteiger partial charge is 0.273 e. The van der Waals surface area contributed by atoms with Crippen LogP contribution in [0.4, 0.5) is 0 Å². The molecule has 0 bridgehead atoms. The van der Waals surface area contributed by atoms with Crippen LogP contribution < -0.4 is 4.74 Å². The SMILES string of the molecule is COc1ncc(C(=O)c2nccn2C)s1. The van der Waals surface area contributed by atoms with Gasteiger partial charge in [0.05, 0.1) is 13.3 Å². The third-order valence-electron chi connectivity index (χ3n) is 1.91. The molecule has 0 aliphatic rings. The minimum absolute atomic E-state index is 0.136. The predicted molar refractivity (Wildman–Crippen MR) is 55.3 cm³/mol. The average Bonchev–Trinajstić information content (AvgIpc) is 2.84. The quantitative estimate of drug-likeness (QED) is 0.731. The van der Waals surface area contributed by atoms with Gasteiger partial charge in [0.15, 0.2) is 5.82 Å². The Bertz CT molecular complexity index is 489. The van der Waals surface area contributed by atoms with Crippen molar-refractivity contribution in [2.24, 2.45) is 7.05 Å². The number of ether oxygens (including phenoxy) is 1. The van der Waals surface area contributed by atoms with E-state index in [0.717, 1.165) is 0 Å². The third kappa shape index (κ3) is 1.75. The average molecular weight is 223 g/mol.